The molecule has 0 radical (unpaired) electrons. The van der Waals surface area contributed by atoms with E-state index < -0.39 is 0 Å². The summed E-state index contributed by atoms with van der Waals surface area (Å²) >= 11 is 0. The molecule has 3 aliphatic heterocycles. The summed E-state index contributed by atoms with van der Waals surface area (Å²) in [5.41, 5.74) is 4.60. The van der Waals surface area contributed by atoms with Gasteiger partial charge in [-0.3, -0.25) is 19.7 Å². The van der Waals surface area contributed by atoms with Crippen LogP contribution in [0, 0.1) is 0 Å². The zero-order chi connectivity index (χ0) is 23.0. The van der Waals surface area contributed by atoms with Crippen LogP contribution in [-0.4, -0.2) is 84.2 Å². The summed E-state index contributed by atoms with van der Waals surface area (Å²) in [5.74, 6) is 0.300. The van der Waals surface area contributed by atoms with Gasteiger partial charge in [0.2, 0.25) is 5.91 Å². The second-order valence-corrected chi connectivity index (χ2v) is 9.71. The number of rotatable bonds is 6. The zero-order valence-electron chi connectivity index (χ0n) is 20.2. The van der Waals surface area contributed by atoms with Crippen LogP contribution in [0.2, 0.25) is 0 Å². The molecule has 4 rings (SSSR count). The van der Waals surface area contributed by atoms with E-state index in [0.717, 1.165) is 63.1 Å². The van der Waals surface area contributed by atoms with E-state index in [4.69, 9.17) is 0 Å². The van der Waals surface area contributed by atoms with Crippen molar-refractivity contribution in [2.45, 2.75) is 57.9 Å². The number of likely N-dealkylation sites (tertiary alicyclic amines) is 2. The van der Waals surface area contributed by atoms with Crippen LogP contribution in [0.25, 0.3) is 5.70 Å². The first-order valence-corrected chi connectivity index (χ1v) is 12.7. The maximum absolute atomic E-state index is 13.0. The summed E-state index contributed by atoms with van der Waals surface area (Å²) < 4.78 is 0. The second kappa shape index (κ2) is 11.7. The van der Waals surface area contributed by atoms with Crippen LogP contribution in [0.1, 0.15) is 57.4 Å². The molecular formula is C27H39N5O. The summed E-state index contributed by atoms with van der Waals surface area (Å²) in [7, 11) is 0. The molecule has 0 bridgehead atoms. The molecule has 1 amide bonds. The molecule has 0 N–H and O–H groups in total. The van der Waals surface area contributed by atoms with E-state index in [2.05, 4.69) is 44.4 Å². The lowest BCUT2D eigenvalue weighted by atomic mass is 10.00. The maximum atomic E-state index is 13.0. The molecule has 1 aromatic rings. The number of piperidine rings is 2. The van der Waals surface area contributed by atoms with Crippen molar-refractivity contribution in [3.05, 3.63) is 47.3 Å². The first-order valence-electron chi connectivity index (χ1n) is 12.7. The van der Waals surface area contributed by atoms with Crippen LogP contribution < -0.4 is 0 Å². The lowest BCUT2D eigenvalue weighted by Gasteiger charge is -2.40. The Morgan fingerprint density at radius 2 is 1.76 bits per heavy atom. The van der Waals surface area contributed by atoms with Gasteiger partial charge in [-0.05, 0) is 89.0 Å². The molecule has 3 aliphatic rings. The Bertz CT molecular complexity index is 864. The smallest absolute Gasteiger partial charge is 0.236 e. The summed E-state index contributed by atoms with van der Waals surface area (Å²) in [6.07, 6.45) is 14.0. The third-order valence-electron chi connectivity index (χ3n) is 7.59. The minimum absolute atomic E-state index is 0.300. The Morgan fingerprint density at radius 3 is 2.45 bits per heavy atom. The van der Waals surface area contributed by atoms with Crippen molar-refractivity contribution in [3.8, 4) is 0 Å². The lowest BCUT2D eigenvalue weighted by Crippen LogP contribution is -2.50. The van der Waals surface area contributed by atoms with E-state index >= 15 is 0 Å². The number of hydrogen-bond donors (Lipinski definition) is 0. The molecule has 0 aliphatic carbocycles. The predicted octanol–water partition coefficient (Wildman–Crippen LogP) is 4.01. The van der Waals surface area contributed by atoms with Crippen LogP contribution in [0.15, 0.2) is 46.7 Å². The van der Waals surface area contributed by atoms with Gasteiger partial charge in [0.1, 0.15) is 0 Å². The molecule has 0 unspecified atom stereocenters. The van der Waals surface area contributed by atoms with Gasteiger partial charge >= 0.3 is 0 Å². The fraction of sp³-hybridized carbons (Fsp3) is 0.593. The molecule has 33 heavy (non-hydrogen) atoms. The third-order valence-corrected chi connectivity index (χ3v) is 7.59. The number of nitrogens with zero attached hydrogens (tertiary/aromatic N) is 5. The molecule has 6 heteroatoms. The Hall–Kier alpha value is -2.31. The highest BCUT2D eigenvalue weighted by Gasteiger charge is 2.28. The minimum Gasteiger partial charge on any atom is -0.341 e. The highest BCUT2D eigenvalue weighted by atomic mass is 16.2. The number of hydrogen-bond acceptors (Lipinski definition) is 5. The molecule has 2 saturated heterocycles. The molecule has 0 atom stereocenters. The van der Waals surface area contributed by atoms with E-state index in [0.29, 0.717) is 18.5 Å². The van der Waals surface area contributed by atoms with Gasteiger partial charge in [-0.1, -0.05) is 12.0 Å². The van der Waals surface area contributed by atoms with Crippen LogP contribution in [0.5, 0.6) is 0 Å². The van der Waals surface area contributed by atoms with Crippen molar-refractivity contribution in [1.82, 2.24) is 19.7 Å². The van der Waals surface area contributed by atoms with Gasteiger partial charge in [0.25, 0.3) is 0 Å². The fourth-order valence-corrected chi connectivity index (χ4v) is 5.41. The number of allylic oxidation sites excluding steroid dienone is 1. The van der Waals surface area contributed by atoms with Crippen LogP contribution >= 0.6 is 0 Å². The standard InChI is InChI=1S/C27H39N5O/c1-22-8-16-30(17-9-24(22)20-26(28-2)23-6-12-29-13-7-23)21-27(33)32-18-10-25(11-19-32)31-14-4-3-5-15-31/h6-7,12-13,20,25H,2-5,8-11,14-19,21H2,1H3/b26-20-. The maximum Gasteiger partial charge on any atom is 0.236 e. The molecule has 6 nitrogen and oxygen atoms in total. The predicted molar refractivity (Wildman–Crippen MR) is 135 cm³/mol. The summed E-state index contributed by atoms with van der Waals surface area (Å²) in [4.78, 5) is 28.5. The van der Waals surface area contributed by atoms with Gasteiger partial charge in [0.15, 0.2) is 0 Å². The number of amides is 1. The molecular weight excluding hydrogens is 410 g/mol. The molecule has 0 saturated carbocycles. The molecule has 4 heterocycles. The van der Waals surface area contributed by atoms with Crippen LogP contribution in [-0.2, 0) is 4.79 Å². The van der Waals surface area contributed by atoms with Gasteiger partial charge in [-0.2, -0.15) is 0 Å². The zero-order valence-corrected chi connectivity index (χ0v) is 20.2. The third kappa shape index (κ3) is 6.39. The van der Waals surface area contributed by atoms with Crippen molar-refractivity contribution >= 4 is 18.3 Å². The average Bonchev–Trinajstić information content (AvgIpc) is 3.04. The minimum atomic E-state index is 0.300. The lowest BCUT2D eigenvalue weighted by molar-refractivity contribution is -0.134. The number of aliphatic imine (C=N–C) groups is 1. The normalized spacial score (nSPS) is 22.3. The van der Waals surface area contributed by atoms with E-state index in [9.17, 15) is 4.79 Å². The number of pyridine rings is 1. The SMILES string of the molecule is C=N/C(=C\C1=C(C)CCN(CC(=O)N2CCC(N3CCCCC3)CC2)CC1)c1ccncc1. The molecule has 0 aromatic carbocycles. The van der Waals surface area contributed by atoms with Gasteiger partial charge < -0.3 is 9.80 Å². The van der Waals surface area contributed by atoms with Gasteiger partial charge in [-0.25, -0.2) is 0 Å². The Kier molecular flexibility index (Phi) is 8.46. The first-order chi connectivity index (χ1) is 16.1. The highest BCUT2D eigenvalue weighted by molar-refractivity contribution is 5.78. The monoisotopic (exact) mass is 449 g/mol. The van der Waals surface area contributed by atoms with E-state index in [1.807, 2.05) is 12.1 Å². The van der Waals surface area contributed by atoms with Crippen molar-refractivity contribution in [2.24, 2.45) is 4.99 Å². The van der Waals surface area contributed by atoms with Crippen molar-refractivity contribution in [2.75, 3.05) is 45.8 Å². The fourth-order valence-electron chi connectivity index (χ4n) is 5.41. The topological polar surface area (TPSA) is 52.0 Å². The average molecular weight is 450 g/mol. The Balaban J connectivity index is 1.28. The van der Waals surface area contributed by atoms with Gasteiger partial charge in [0.05, 0.1) is 12.2 Å². The number of carbonyl (C=O) groups is 1. The van der Waals surface area contributed by atoms with Crippen molar-refractivity contribution in [1.29, 1.82) is 0 Å². The van der Waals surface area contributed by atoms with Gasteiger partial charge in [0, 0.05) is 50.2 Å². The molecule has 1 aromatic heterocycles. The summed E-state index contributed by atoms with van der Waals surface area (Å²) in [5, 5.41) is 0. The van der Waals surface area contributed by atoms with E-state index in [1.165, 1.54) is 43.5 Å². The van der Waals surface area contributed by atoms with E-state index in [-0.39, 0.29) is 0 Å². The highest BCUT2D eigenvalue weighted by Crippen LogP contribution is 2.25. The summed E-state index contributed by atoms with van der Waals surface area (Å²) in [6.45, 7) is 12.7. The second-order valence-electron chi connectivity index (χ2n) is 9.71. The molecule has 178 valence electrons. The van der Waals surface area contributed by atoms with Crippen LogP contribution in [0.4, 0.5) is 0 Å². The van der Waals surface area contributed by atoms with E-state index in [1.54, 1.807) is 12.4 Å². The molecule has 0 spiro atoms. The Labute approximate surface area is 199 Å². The van der Waals surface area contributed by atoms with Crippen molar-refractivity contribution < 1.29 is 4.79 Å². The largest absolute Gasteiger partial charge is 0.341 e. The molecule has 2 fully saturated rings. The van der Waals surface area contributed by atoms with Crippen LogP contribution in [0.3, 0.4) is 0 Å². The van der Waals surface area contributed by atoms with Gasteiger partial charge in [-0.15, -0.1) is 0 Å². The quantitative estimate of drug-likeness (QED) is 0.616. The van der Waals surface area contributed by atoms with Crippen molar-refractivity contribution in [3.63, 3.8) is 0 Å². The first kappa shape index (κ1) is 23.8. The Morgan fingerprint density at radius 1 is 1.06 bits per heavy atom. The number of carbonyl (C=O) groups excluding carboxylic acids is 1. The number of aromatic nitrogens is 1. The summed E-state index contributed by atoms with van der Waals surface area (Å²) in [6, 6.07) is 4.61.